The topological polar surface area (TPSA) is 48.0 Å². The fourth-order valence-corrected chi connectivity index (χ4v) is 2.24. The van der Waals surface area contributed by atoms with Crippen molar-refractivity contribution in [2.75, 3.05) is 0 Å². The molecule has 3 rings (SSSR count). The third-order valence-electron chi connectivity index (χ3n) is 3.44. The molecule has 0 unspecified atom stereocenters. The van der Waals surface area contributed by atoms with Crippen molar-refractivity contribution in [2.24, 2.45) is 7.05 Å². The van der Waals surface area contributed by atoms with Crippen molar-refractivity contribution in [3.8, 4) is 0 Å². The van der Waals surface area contributed by atoms with Crippen LogP contribution in [0, 0.1) is 0 Å². The summed E-state index contributed by atoms with van der Waals surface area (Å²) in [5, 5.41) is 0. The van der Waals surface area contributed by atoms with Gasteiger partial charge in [0.05, 0.1) is 11.0 Å². The molecule has 0 aliphatic carbocycles. The van der Waals surface area contributed by atoms with Gasteiger partial charge in [0.25, 0.3) is 0 Å². The highest BCUT2D eigenvalue weighted by Gasteiger charge is 2.08. The predicted octanol–water partition coefficient (Wildman–Crippen LogP) is 3.93. The highest BCUT2D eigenvalue weighted by molar-refractivity contribution is 5.93. The van der Waals surface area contributed by atoms with Crippen molar-refractivity contribution in [1.29, 1.82) is 0 Å². The number of imidazole rings is 1. The van der Waals surface area contributed by atoms with Gasteiger partial charge in [0.15, 0.2) is 11.5 Å². The molecule has 0 spiro atoms. The van der Waals surface area contributed by atoms with Crippen LogP contribution in [-0.4, -0.2) is 15.3 Å². The Bertz CT molecular complexity index is 824. The molecule has 0 amide bonds. The van der Waals surface area contributed by atoms with Gasteiger partial charge in [-0.2, -0.15) is 0 Å². The Morgan fingerprint density at radius 2 is 2.05 bits per heavy atom. The van der Waals surface area contributed by atoms with E-state index in [0.717, 1.165) is 16.9 Å². The lowest BCUT2D eigenvalue weighted by Crippen LogP contribution is -1.92. The minimum atomic E-state index is 0.0115. The van der Waals surface area contributed by atoms with Gasteiger partial charge in [0.1, 0.15) is 11.6 Å². The summed E-state index contributed by atoms with van der Waals surface area (Å²) < 4.78 is 7.52. The second-order valence-electron chi connectivity index (χ2n) is 4.83. The Balaban J connectivity index is 1.89. The number of furan rings is 1. The van der Waals surface area contributed by atoms with E-state index in [1.807, 2.05) is 55.0 Å². The fourth-order valence-electron chi connectivity index (χ4n) is 2.24. The average molecular weight is 280 g/mol. The van der Waals surface area contributed by atoms with E-state index in [0.29, 0.717) is 17.9 Å². The van der Waals surface area contributed by atoms with E-state index in [1.54, 1.807) is 12.1 Å². The molecule has 0 atom stereocenters. The highest BCUT2D eigenvalue weighted by atomic mass is 16.3. The first-order chi connectivity index (χ1) is 10.2. The molecule has 4 heteroatoms. The summed E-state index contributed by atoms with van der Waals surface area (Å²) in [4.78, 5) is 16.1. The van der Waals surface area contributed by atoms with Gasteiger partial charge in [-0.25, -0.2) is 4.98 Å². The van der Waals surface area contributed by atoms with E-state index in [4.69, 9.17) is 4.42 Å². The van der Waals surface area contributed by atoms with E-state index in [2.05, 4.69) is 4.98 Å². The lowest BCUT2D eigenvalue weighted by Gasteiger charge is -1.96. The van der Waals surface area contributed by atoms with Crippen LogP contribution in [0.1, 0.15) is 35.5 Å². The molecule has 0 bridgehead atoms. The van der Waals surface area contributed by atoms with E-state index >= 15 is 0 Å². The number of hydrogen-bond acceptors (Lipinski definition) is 3. The van der Waals surface area contributed by atoms with Crippen LogP contribution in [-0.2, 0) is 7.05 Å². The van der Waals surface area contributed by atoms with Crippen LogP contribution in [0.3, 0.4) is 0 Å². The molecular formula is C17H16N2O2. The molecular weight excluding hydrogens is 264 g/mol. The Hall–Kier alpha value is -2.62. The van der Waals surface area contributed by atoms with Crippen LogP contribution in [0.25, 0.3) is 23.2 Å². The Morgan fingerprint density at radius 1 is 1.24 bits per heavy atom. The van der Waals surface area contributed by atoms with E-state index in [-0.39, 0.29) is 5.78 Å². The van der Waals surface area contributed by atoms with E-state index < -0.39 is 0 Å². The standard InChI is InChI=1S/C17H16N2O2/c1-3-15(20)16-10-8-12(21-16)9-11-17-18-13-6-4-5-7-14(13)19(17)2/h4-11H,3H2,1-2H3/b11-9+. The summed E-state index contributed by atoms with van der Waals surface area (Å²) in [6.07, 6.45) is 4.16. The summed E-state index contributed by atoms with van der Waals surface area (Å²) in [5.41, 5.74) is 2.04. The number of Topliss-reactive ketones (excluding diaryl/α,β-unsaturated/α-hetero) is 1. The van der Waals surface area contributed by atoms with E-state index in [9.17, 15) is 4.79 Å². The molecule has 106 valence electrons. The van der Waals surface area contributed by atoms with Crippen LogP contribution in [0.5, 0.6) is 0 Å². The number of benzene rings is 1. The summed E-state index contributed by atoms with van der Waals surface area (Å²) in [6.45, 7) is 1.82. The van der Waals surface area contributed by atoms with Crippen LogP contribution < -0.4 is 0 Å². The van der Waals surface area contributed by atoms with Crippen molar-refractivity contribution >= 4 is 29.0 Å². The SMILES string of the molecule is CCC(=O)c1ccc(/C=C/c2nc3ccccc3n2C)o1. The summed E-state index contributed by atoms with van der Waals surface area (Å²) >= 11 is 0. The Kier molecular flexibility index (Phi) is 3.44. The molecule has 0 radical (unpaired) electrons. The van der Waals surface area contributed by atoms with Gasteiger partial charge in [0.2, 0.25) is 0 Å². The van der Waals surface area contributed by atoms with Crippen LogP contribution in [0.15, 0.2) is 40.8 Å². The molecule has 4 nitrogen and oxygen atoms in total. The number of aryl methyl sites for hydroxylation is 1. The largest absolute Gasteiger partial charge is 0.454 e. The molecule has 0 aliphatic heterocycles. The number of hydrogen-bond donors (Lipinski definition) is 0. The van der Waals surface area contributed by atoms with Crippen molar-refractivity contribution in [2.45, 2.75) is 13.3 Å². The maximum atomic E-state index is 11.5. The molecule has 0 fully saturated rings. The first kappa shape index (κ1) is 13.4. The molecule has 0 aliphatic rings. The van der Waals surface area contributed by atoms with Crippen molar-refractivity contribution in [3.63, 3.8) is 0 Å². The second kappa shape index (κ2) is 5.40. The Morgan fingerprint density at radius 3 is 2.81 bits per heavy atom. The summed E-state index contributed by atoms with van der Waals surface area (Å²) in [5.74, 6) is 1.91. The number of rotatable bonds is 4. The maximum absolute atomic E-state index is 11.5. The minimum absolute atomic E-state index is 0.0115. The van der Waals surface area contributed by atoms with Crippen LogP contribution >= 0.6 is 0 Å². The first-order valence-corrected chi connectivity index (χ1v) is 6.91. The normalized spacial score (nSPS) is 11.5. The van der Waals surface area contributed by atoms with Gasteiger partial charge >= 0.3 is 0 Å². The van der Waals surface area contributed by atoms with Crippen LogP contribution in [0.2, 0.25) is 0 Å². The zero-order chi connectivity index (χ0) is 14.8. The lowest BCUT2D eigenvalue weighted by molar-refractivity contribution is 0.0961. The van der Waals surface area contributed by atoms with Gasteiger partial charge in [0, 0.05) is 13.5 Å². The van der Waals surface area contributed by atoms with Crippen molar-refractivity contribution < 1.29 is 9.21 Å². The first-order valence-electron chi connectivity index (χ1n) is 6.91. The van der Waals surface area contributed by atoms with Crippen LogP contribution in [0.4, 0.5) is 0 Å². The monoisotopic (exact) mass is 280 g/mol. The van der Waals surface area contributed by atoms with E-state index in [1.165, 1.54) is 0 Å². The number of aromatic nitrogens is 2. The average Bonchev–Trinajstić information content (AvgIpc) is 3.10. The van der Waals surface area contributed by atoms with Gasteiger partial charge in [-0.05, 0) is 36.4 Å². The molecule has 1 aromatic carbocycles. The van der Waals surface area contributed by atoms with Crippen molar-refractivity contribution in [3.05, 3.63) is 53.7 Å². The number of nitrogens with zero attached hydrogens (tertiary/aromatic N) is 2. The second-order valence-corrected chi connectivity index (χ2v) is 4.83. The lowest BCUT2D eigenvalue weighted by atomic mass is 10.2. The fraction of sp³-hybridized carbons (Fsp3) is 0.176. The number of carbonyl (C=O) groups is 1. The quantitative estimate of drug-likeness (QED) is 0.680. The van der Waals surface area contributed by atoms with Gasteiger partial charge in [-0.3, -0.25) is 4.79 Å². The molecule has 0 saturated carbocycles. The van der Waals surface area contributed by atoms with Crippen molar-refractivity contribution in [1.82, 2.24) is 9.55 Å². The number of fused-ring (bicyclic) bond motifs is 1. The minimum Gasteiger partial charge on any atom is -0.454 e. The van der Waals surface area contributed by atoms with Gasteiger partial charge < -0.3 is 8.98 Å². The third kappa shape index (κ3) is 2.52. The summed E-state index contributed by atoms with van der Waals surface area (Å²) in [7, 11) is 1.98. The smallest absolute Gasteiger partial charge is 0.197 e. The molecule has 0 saturated heterocycles. The predicted molar refractivity (Wildman–Crippen MR) is 83.0 cm³/mol. The maximum Gasteiger partial charge on any atom is 0.197 e. The zero-order valence-corrected chi connectivity index (χ0v) is 12.0. The van der Waals surface area contributed by atoms with Gasteiger partial charge in [-0.15, -0.1) is 0 Å². The number of ketones is 1. The molecule has 3 aromatic rings. The Labute approximate surface area is 122 Å². The number of carbonyl (C=O) groups excluding carboxylic acids is 1. The third-order valence-corrected chi connectivity index (χ3v) is 3.44. The zero-order valence-electron chi connectivity index (χ0n) is 12.0. The highest BCUT2D eigenvalue weighted by Crippen LogP contribution is 2.17. The molecule has 2 heterocycles. The van der Waals surface area contributed by atoms with Gasteiger partial charge in [-0.1, -0.05) is 19.1 Å². The number of para-hydroxylation sites is 2. The molecule has 21 heavy (non-hydrogen) atoms. The molecule has 2 aromatic heterocycles. The summed E-state index contributed by atoms with van der Waals surface area (Å²) in [6, 6.07) is 11.5. The molecule has 0 N–H and O–H groups in total.